The highest BCUT2D eigenvalue weighted by Crippen LogP contribution is 2.28. The number of halogens is 2. The topological polar surface area (TPSA) is 78.1 Å². The van der Waals surface area contributed by atoms with Crippen molar-refractivity contribution in [1.29, 1.82) is 0 Å². The van der Waals surface area contributed by atoms with E-state index in [0.717, 1.165) is 0 Å². The first kappa shape index (κ1) is 22.5. The molecule has 2 aromatic carbocycles. The number of rotatable bonds is 6. The van der Waals surface area contributed by atoms with E-state index in [1.165, 1.54) is 41.4 Å². The highest BCUT2D eigenvalue weighted by Gasteiger charge is 2.34. The summed E-state index contributed by atoms with van der Waals surface area (Å²) in [5.74, 6) is -1.26. The standard InChI is InChI=1S/C23H24ClFN4O2/c1-23(2,3)27-21(30)20(15-8-10-17(25)11-9-15)29(22(31)19-12-13-26-28-19)14-16-6-4-5-7-18(16)24/h4-13,20H,14H2,1-3H3,(H,26,28)(H,27,30)/t20-/m0/s1. The quantitative estimate of drug-likeness (QED) is 0.590. The van der Waals surface area contributed by atoms with Gasteiger partial charge in [-0.3, -0.25) is 14.7 Å². The smallest absolute Gasteiger partial charge is 0.273 e. The van der Waals surface area contributed by atoms with Crippen LogP contribution < -0.4 is 5.32 Å². The van der Waals surface area contributed by atoms with Gasteiger partial charge in [0.2, 0.25) is 5.91 Å². The van der Waals surface area contributed by atoms with Crippen molar-refractivity contribution in [2.24, 2.45) is 0 Å². The van der Waals surface area contributed by atoms with Gasteiger partial charge in [-0.15, -0.1) is 0 Å². The molecule has 0 saturated carbocycles. The fourth-order valence-electron chi connectivity index (χ4n) is 3.18. The molecule has 3 aromatic rings. The van der Waals surface area contributed by atoms with Gasteiger partial charge in [0.25, 0.3) is 5.91 Å². The number of nitrogens with zero attached hydrogens (tertiary/aromatic N) is 2. The second-order valence-electron chi connectivity index (χ2n) is 8.19. The molecule has 1 atom stereocenters. The predicted octanol–water partition coefficient (Wildman–Crippen LogP) is 4.50. The molecular weight excluding hydrogens is 419 g/mol. The van der Waals surface area contributed by atoms with Crippen LogP contribution >= 0.6 is 11.6 Å². The number of hydrogen-bond acceptors (Lipinski definition) is 3. The maximum atomic E-state index is 13.6. The summed E-state index contributed by atoms with van der Waals surface area (Å²) in [6, 6.07) is 13.2. The van der Waals surface area contributed by atoms with Crippen molar-refractivity contribution in [2.45, 2.75) is 38.9 Å². The maximum absolute atomic E-state index is 13.6. The summed E-state index contributed by atoms with van der Waals surface area (Å²) in [5, 5.41) is 9.90. The minimum absolute atomic E-state index is 0.0666. The van der Waals surface area contributed by atoms with E-state index in [-0.39, 0.29) is 18.1 Å². The lowest BCUT2D eigenvalue weighted by molar-refractivity contribution is -0.127. The molecule has 2 N–H and O–H groups in total. The van der Waals surface area contributed by atoms with Crippen molar-refractivity contribution in [3.63, 3.8) is 0 Å². The lowest BCUT2D eigenvalue weighted by Crippen LogP contribution is -2.49. The van der Waals surface area contributed by atoms with Crippen molar-refractivity contribution < 1.29 is 14.0 Å². The van der Waals surface area contributed by atoms with E-state index in [2.05, 4.69) is 15.5 Å². The van der Waals surface area contributed by atoms with E-state index in [4.69, 9.17) is 11.6 Å². The zero-order valence-electron chi connectivity index (χ0n) is 17.5. The highest BCUT2D eigenvalue weighted by atomic mass is 35.5. The number of carbonyl (C=O) groups excluding carboxylic acids is 2. The first-order valence-electron chi connectivity index (χ1n) is 9.77. The second-order valence-corrected chi connectivity index (χ2v) is 8.60. The average molecular weight is 443 g/mol. The molecule has 162 valence electrons. The largest absolute Gasteiger partial charge is 0.349 e. The van der Waals surface area contributed by atoms with Crippen LogP contribution in [-0.4, -0.2) is 32.5 Å². The molecule has 0 aliphatic heterocycles. The Bertz CT molecular complexity index is 1050. The summed E-state index contributed by atoms with van der Waals surface area (Å²) < 4.78 is 13.6. The zero-order valence-corrected chi connectivity index (χ0v) is 18.3. The molecule has 0 spiro atoms. The third-order valence-electron chi connectivity index (χ3n) is 4.53. The molecule has 6 nitrogen and oxygen atoms in total. The van der Waals surface area contributed by atoms with Crippen LogP contribution in [0.5, 0.6) is 0 Å². The summed E-state index contributed by atoms with van der Waals surface area (Å²) in [5.41, 5.74) is 0.834. The Hall–Kier alpha value is -3.19. The predicted molar refractivity (Wildman–Crippen MR) is 117 cm³/mol. The summed E-state index contributed by atoms with van der Waals surface area (Å²) in [4.78, 5) is 28.2. The van der Waals surface area contributed by atoms with Crippen molar-refractivity contribution in [1.82, 2.24) is 20.4 Å². The number of H-pyrrole nitrogens is 1. The Morgan fingerprint density at radius 3 is 2.39 bits per heavy atom. The molecule has 0 bridgehead atoms. The Labute approximate surface area is 185 Å². The summed E-state index contributed by atoms with van der Waals surface area (Å²) >= 11 is 6.35. The molecule has 0 unspecified atom stereocenters. The number of amides is 2. The fraction of sp³-hybridized carbons (Fsp3) is 0.261. The fourth-order valence-corrected chi connectivity index (χ4v) is 3.37. The van der Waals surface area contributed by atoms with Crippen LogP contribution in [0.15, 0.2) is 60.8 Å². The van der Waals surface area contributed by atoms with Crippen LogP contribution in [0.4, 0.5) is 4.39 Å². The molecule has 0 aliphatic carbocycles. The number of carbonyl (C=O) groups is 2. The molecule has 0 fully saturated rings. The number of aromatic nitrogens is 2. The van der Waals surface area contributed by atoms with Crippen molar-refractivity contribution in [2.75, 3.05) is 0 Å². The van der Waals surface area contributed by atoms with E-state index in [1.54, 1.807) is 18.2 Å². The van der Waals surface area contributed by atoms with Gasteiger partial charge in [-0.1, -0.05) is 41.9 Å². The minimum Gasteiger partial charge on any atom is -0.349 e. The van der Waals surface area contributed by atoms with E-state index >= 15 is 0 Å². The lowest BCUT2D eigenvalue weighted by atomic mass is 10.0. The molecule has 2 amide bonds. The Balaban J connectivity index is 2.10. The Morgan fingerprint density at radius 2 is 1.81 bits per heavy atom. The maximum Gasteiger partial charge on any atom is 0.273 e. The van der Waals surface area contributed by atoms with Gasteiger partial charge in [-0.25, -0.2) is 4.39 Å². The summed E-state index contributed by atoms with van der Waals surface area (Å²) in [7, 11) is 0. The van der Waals surface area contributed by atoms with Crippen LogP contribution in [0.1, 0.15) is 48.4 Å². The number of aromatic amines is 1. The number of hydrogen-bond donors (Lipinski definition) is 2. The first-order valence-corrected chi connectivity index (χ1v) is 10.1. The average Bonchev–Trinajstić information content (AvgIpc) is 3.23. The number of benzene rings is 2. The second kappa shape index (κ2) is 9.31. The van der Waals surface area contributed by atoms with E-state index in [0.29, 0.717) is 16.1 Å². The van der Waals surface area contributed by atoms with Crippen LogP contribution in [0, 0.1) is 5.82 Å². The van der Waals surface area contributed by atoms with Gasteiger partial charge >= 0.3 is 0 Å². The van der Waals surface area contributed by atoms with E-state index in [9.17, 15) is 14.0 Å². The van der Waals surface area contributed by atoms with Gasteiger partial charge in [-0.05, 0) is 56.2 Å². The Morgan fingerprint density at radius 1 is 1.13 bits per heavy atom. The Kier molecular flexibility index (Phi) is 6.75. The van der Waals surface area contributed by atoms with Gasteiger partial charge in [0, 0.05) is 23.3 Å². The molecule has 0 saturated heterocycles. The molecule has 31 heavy (non-hydrogen) atoms. The van der Waals surface area contributed by atoms with Crippen LogP contribution in [0.2, 0.25) is 5.02 Å². The van der Waals surface area contributed by atoms with Crippen LogP contribution in [0.3, 0.4) is 0 Å². The summed E-state index contributed by atoms with van der Waals surface area (Å²) in [6.45, 7) is 5.61. The highest BCUT2D eigenvalue weighted by molar-refractivity contribution is 6.31. The van der Waals surface area contributed by atoms with E-state index in [1.807, 2.05) is 26.8 Å². The molecule has 8 heteroatoms. The van der Waals surface area contributed by atoms with Crippen molar-refractivity contribution in [3.8, 4) is 0 Å². The molecular formula is C23H24ClFN4O2. The zero-order chi connectivity index (χ0) is 22.6. The minimum atomic E-state index is -1.02. The van der Waals surface area contributed by atoms with Gasteiger partial charge in [-0.2, -0.15) is 5.10 Å². The van der Waals surface area contributed by atoms with Crippen LogP contribution in [-0.2, 0) is 11.3 Å². The van der Waals surface area contributed by atoms with Gasteiger partial charge in [0.15, 0.2) is 0 Å². The van der Waals surface area contributed by atoms with Gasteiger partial charge < -0.3 is 10.2 Å². The third-order valence-corrected chi connectivity index (χ3v) is 4.90. The van der Waals surface area contributed by atoms with Gasteiger partial charge in [0.1, 0.15) is 17.6 Å². The first-order chi connectivity index (χ1) is 14.7. The molecule has 0 aliphatic rings. The number of nitrogens with one attached hydrogen (secondary N) is 2. The van der Waals surface area contributed by atoms with Gasteiger partial charge in [0.05, 0.1) is 0 Å². The molecule has 1 heterocycles. The monoisotopic (exact) mass is 442 g/mol. The summed E-state index contributed by atoms with van der Waals surface area (Å²) in [6.07, 6.45) is 1.46. The van der Waals surface area contributed by atoms with Crippen molar-refractivity contribution >= 4 is 23.4 Å². The third kappa shape index (κ3) is 5.70. The van der Waals surface area contributed by atoms with Crippen LogP contribution in [0.25, 0.3) is 0 Å². The molecule has 1 aromatic heterocycles. The SMILES string of the molecule is CC(C)(C)NC(=O)[C@H](c1ccc(F)cc1)N(Cc1ccccc1Cl)C(=O)c1ccn[nH]1. The molecule has 0 radical (unpaired) electrons. The normalized spacial score (nSPS) is 12.3. The molecule has 3 rings (SSSR count). The van der Waals surface area contributed by atoms with Crippen molar-refractivity contribution in [3.05, 3.63) is 88.5 Å². The lowest BCUT2D eigenvalue weighted by Gasteiger charge is -2.33. The van der Waals surface area contributed by atoms with E-state index < -0.39 is 23.3 Å².